The van der Waals surface area contributed by atoms with E-state index in [9.17, 15) is 18.0 Å². The summed E-state index contributed by atoms with van der Waals surface area (Å²) in [6, 6.07) is 0. The first kappa shape index (κ1) is 16.6. The Bertz CT molecular complexity index is 660. The summed E-state index contributed by atoms with van der Waals surface area (Å²) in [6.07, 6.45) is 4.95. The molecule has 1 heterocycles. The average Bonchev–Trinajstić information content (AvgIpc) is 2.35. The first-order chi connectivity index (χ1) is 9.29. The fourth-order valence-corrected chi connectivity index (χ4v) is 2.61. The van der Waals surface area contributed by atoms with Gasteiger partial charge in [-0.1, -0.05) is 33.1 Å². The van der Waals surface area contributed by atoms with E-state index in [-0.39, 0.29) is 5.92 Å². The minimum absolute atomic E-state index is 0.256. The zero-order valence-corrected chi connectivity index (χ0v) is 12.6. The molecule has 1 rings (SSSR count). The molecule has 0 aliphatic rings. The maximum Gasteiger partial charge on any atom is 0.328 e. The third-order valence-corrected chi connectivity index (χ3v) is 4.19. The summed E-state index contributed by atoms with van der Waals surface area (Å²) in [6.45, 7) is 4.46. The van der Waals surface area contributed by atoms with Crippen molar-refractivity contribution in [3.05, 3.63) is 27.0 Å². The largest absolute Gasteiger partial charge is 0.328 e. The second-order valence-electron chi connectivity index (χ2n) is 4.87. The van der Waals surface area contributed by atoms with Crippen LogP contribution in [0.1, 0.15) is 39.5 Å². The minimum atomic E-state index is -4.14. The molecule has 7 nitrogen and oxygen atoms in total. The predicted octanol–water partition coefficient (Wildman–Crippen LogP) is 0.400. The van der Waals surface area contributed by atoms with Crippen molar-refractivity contribution < 1.29 is 8.42 Å². The van der Waals surface area contributed by atoms with Crippen molar-refractivity contribution in [2.45, 2.75) is 51.0 Å². The molecule has 0 fully saturated rings. The van der Waals surface area contributed by atoms with Crippen molar-refractivity contribution in [3.63, 3.8) is 0 Å². The summed E-state index contributed by atoms with van der Waals surface area (Å²) in [7, 11) is -4.14. The Morgan fingerprint density at radius 2 is 2.00 bits per heavy atom. The summed E-state index contributed by atoms with van der Waals surface area (Å²) in [5.74, 6) is 0.256. The Morgan fingerprint density at radius 3 is 2.50 bits per heavy atom. The van der Waals surface area contributed by atoms with Gasteiger partial charge in [-0.15, -0.1) is 0 Å². The zero-order valence-electron chi connectivity index (χ0n) is 11.8. The van der Waals surface area contributed by atoms with Crippen LogP contribution in [0.4, 0.5) is 0 Å². The maximum absolute atomic E-state index is 11.7. The third-order valence-electron chi connectivity index (χ3n) is 3.28. The number of rotatable bonds is 7. The molecule has 0 amide bonds. The Labute approximate surface area is 117 Å². The number of hydrogen-bond acceptors (Lipinski definition) is 4. The van der Waals surface area contributed by atoms with Crippen LogP contribution >= 0.6 is 0 Å². The molecule has 1 unspecified atom stereocenters. The molecule has 1 aromatic heterocycles. The van der Waals surface area contributed by atoms with E-state index in [4.69, 9.17) is 5.14 Å². The first-order valence-electron chi connectivity index (χ1n) is 6.66. The van der Waals surface area contributed by atoms with Crippen molar-refractivity contribution in [1.29, 1.82) is 0 Å². The fraction of sp³-hybridized carbons (Fsp3) is 0.667. The summed E-state index contributed by atoms with van der Waals surface area (Å²) in [4.78, 5) is 24.6. The number of aromatic nitrogens is 2. The van der Waals surface area contributed by atoms with E-state index in [2.05, 4.69) is 6.92 Å². The van der Waals surface area contributed by atoms with Crippen LogP contribution in [-0.2, 0) is 16.6 Å². The van der Waals surface area contributed by atoms with Gasteiger partial charge in [-0.25, -0.2) is 18.4 Å². The van der Waals surface area contributed by atoms with E-state index in [1.165, 1.54) is 4.57 Å². The summed E-state index contributed by atoms with van der Waals surface area (Å²) in [5, 5.41) is 4.96. The molecule has 0 aromatic carbocycles. The van der Waals surface area contributed by atoms with E-state index in [1.807, 2.05) is 11.9 Å². The number of primary sulfonamides is 1. The molecular formula is C12H21N3O4S. The monoisotopic (exact) mass is 303 g/mol. The normalized spacial score (nSPS) is 13.3. The number of nitrogens with zero attached hydrogens (tertiary/aromatic N) is 1. The molecule has 20 heavy (non-hydrogen) atoms. The van der Waals surface area contributed by atoms with Crippen LogP contribution in [-0.4, -0.2) is 18.0 Å². The molecule has 1 aromatic rings. The maximum atomic E-state index is 11.7. The molecule has 0 aliphatic heterocycles. The molecule has 114 valence electrons. The molecule has 1 atom stereocenters. The summed E-state index contributed by atoms with van der Waals surface area (Å²) < 4.78 is 23.8. The molecule has 8 heteroatoms. The van der Waals surface area contributed by atoms with Gasteiger partial charge in [-0.3, -0.25) is 14.3 Å². The van der Waals surface area contributed by atoms with Crippen molar-refractivity contribution in [2.75, 3.05) is 0 Å². The van der Waals surface area contributed by atoms with Gasteiger partial charge in [0.15, 0.2) is 4.90 Å². The molecule has 0 aliphatic carbocycles. The van der Waals surface area contributed by atoms with E-state index < -0.39 is 26.2 Å². The predicted molar refractivity (Wildman–Crippen MR) is 76.0 cm³/mol. The number of aromatic amines is 1. The number of sulfonamides is 1. The van der Waals surface area contributed by atoms with Crippen molar-refractivity contribution in [3.8, 4) is 0 Å². The lowest BCUT2D eigenvalue weighted by atomic mass is 9.99. The molecule has 0 radical (unpaired) electrons. The van der Waals surface area contributed by atoms with E-state index in [0.717, 1.165) is 31.9 Å². The number of nitrogens with two attached hydrogens (primary N) is 1. The molecule has 0 bridgehead atoms. The van der Waals surface area contributed by atoms with Gasteiger partial charge < -0.3 is 0 Å². The highest BCUT2D eigenvalue weighted by Crippen LogP contribution is 2.14. The quantitative estimate of drug-likeness (QED) is 0.758. The topological polar surface area (TPSA) is 115 Å². The average molecular weight is 303 g/mol. The number of nitrogens with one attached hydrogen (secondary N) is 1. The van der Waals surface area contributed by atoms with Gasteiger partial charge in [0, 0.05) is 12.7 Å². The Kier molecular flexibility index (Phi) is 5.70. The Morgan fingerprint density at radius 1 is 1.35 bits per heavy atom. The highest BCUT2D eigenvalue weighted by atomic mass is 32.2. The van der Waals surface area contributed by atoms with Crippen LogP contribution in [0.3, 0.4) is 0 Å². The van der Waals surface area contributed by atoms with Gasteiger partial charge in [-0.2, -0.15) is 0 Å². The Balaban J connectivity index is 3.13. The molecule has 0 saturated carbocycles. The highest BCUT2D eigenvalue weighted by Gasteiger charge is 2.17. The van der Waals surface area contributed by atoms with Crippen LogP contribution in [0.2, 0.25) is 0 Å². The van der Waals surface area contributed by atoms with Crippen LogP contribution in [0, 0.1) is 5.92 Å². The second kappa shape index (κ2) is 6.85. The number of H-pyrrole nitrogens is 1. The van der Waals surface area contributed by atoms with E-state index in [1.54, 1.807) is 0 Å². The number of hydrogen-bond donors (Lipinski definition) is 2. The van der Waals surface area contributed by atoms with Crippen molar-refractivity contribution in [2.24, 2.45) is 11.1 Å². The fourth-order valence-electron chi connectivity index (χ4n) is 2.02. The van der Waals surface area contributed by atoms with Crippen molar-refractivity contribution in [1.82, 2.24) is 9.55 Å². The van der Waals surface area contributed by atoms with Crippen LogP contribution in [0.15, 0.2) is 20.7 Å². The summed E-state index contributed by atoms with van der Waals surface area (Å²) in [5.41, 5.74) is -1.59. The second-order valence-corrected chi connectivity index (χ2v) is 6.40. The van der Waals surface area contributed by atoms with Crippen LogP contribution in [0.25, 0.3) is 0 Å². The SMILES string of the molecule is CCCCC(CC)Cn1cc(S(N)(=O)=O)c(=O)[nH]c1=O. The molecular weight excluding hydrogens is 282 g/mol. The first-order valence-corrected chi connectivity index (χ1v) is 8.20. The van der Waals surface area contributed by atoms with Crippen molar-refractivity contribution >= 4 is 10.0 Å². The molecule has 0 saturated heterocycles. The lowest BCUT2D eigenvalue weighted by Crippen LogP contribution is -2.35. The Hall–Kier alpha value is -1.41. The lowest BCUT2D eigenvalue weighted by Gasteiger charge is -2.16. The van der Waals surface area contributed by atoms with Gasteiger partial charge in [0.05, 0.1) is 0 Å². The smallest absolute Gasteiger partial charge is 0.299 e. The summed E-state index contributed by atoms with van der Waals surface area (Å²) >= 11 is 0. The standard InChI is InChI=1S/C12H21N3O4S/c1-3-5-6-9(4-2)7-15-8-10(20(13,18)19)11(16)14-12(15)17/h8-9H,3-7H2,1-2H3,(H2,13,18,19)(H,14,16,17). The van der Waals surface area contributed by atoms with Gasteiger partial charge in [0.1, 0.15) is 0 Å². The molecule has 3 N–H and O–H groups in total. The highest BCUT2D eigenvalue weighted by molar-refractivity contribution is 7.89. The van der Waals surface area contributed by atoms with Gasteiger partial charge in [-0.05, 0) is 12.3 Å². The van der Waals surface area contributed by atoms with E-state index >= 15 is 0 Å². The molecule has 0 spiro atoms. The van der Waals surface area contributed by atoms with Gasteiger partial charge >= 0.3 is 5.69 Å². The zero-order chi connectivity index (χ0) is 15.3. The number of unbranched alkanes of at least 4 members (excludes halogenated alkanes) is 1. The van der Waals surface area contributed by atoms with Gasteiger partial charge in [0.2, 0.25) is 10.0 Å². The van der Waals surface area contributed by atoms with Crippen LogP contribution in [0.5, 0.6) is 0 Å². The third kappa shape index (κ3) is 4.31. The van der Waals surface area contributed by atoms with E-state index in [0.29, 0.717) is 6.54 Å². The lowest BCUT2D eigenvalue weighted by molar-refractivity contribution is 0.380. The minimum Gasteiger partial charge on any atom is -0.299 e. The van der Waals surface area contributed by atoms with Crippen LogP contribution < -0.4 is 16.4 Å². The van der Waals surface area contributed by atoms with Gasteiger partial charge in [0.25, 0.3) is 5.56 Å².